The van der Waals surface area contributed by atoms with Crippen LogP contribution >= 0.6 is 0 Å². The molecule has 1 saturated carbocycles. The number of anilines is 1. The van der Waals surface area contributed by atoms with Crippen molar-refractivity contribution in [1.29, 1.82) is 0 Å². The Morgan fingerprint density at radius 1 is 1.10 bits per heavy atom. The van der Waals surface area contributed by atoms with Gasteiger partial charge in [-0.25, -0.2) is 4.39 Å². The highest BCUT2D eigenvalue weighted by Crippen LogP contribution is 2.32. The quantitative estimate of drug-likeness (QED) is 0.579. The summed E-state index contributed by atoms with van der Waals surface area (Å²) in [6, 6.07) is 11.5. The number of nitro benzene ring substituents is 1. The number of hydrogen-bond donors (Lipinski definition) is 1. The summed E-state index contributed by atoms with van der Waals surface area (Å²) in [5.74, 6) is -0.432. The highest BCUT2D eigenvalue weighted by molar-refractivity contribution is 5.95. The van der Waals surface area contributed by atoms with E-state index in [1.54, 1.807) is 29.2 Å². The molecule has 0 bridgehead atoms. The summed E-state index contributed by atoms with van der Waals surface area (Å²) in [4.78, 5) is 28.0. The topological polar surface area (TPSA) is 78.7 Å². The number of nitrogens with zero attached hydrogens (tertiary/aromatic N) is 3. The van der Waals surface area contributed by atoms with Gasteiger partial charge in [-0.3, -0.25) is 19.8 Å². The molecule has 2 aliphatic rings. The highest BCUT2D eigenvalue weighted by Gasteiger charge is 2.27. The molecule has 1 N–H and O–H groups in total. The Balaban J connectivity index is 1.41. The zero-order chi connectivity index (χ0) is 21.1. The molecule has 4 rings (SSSR count). The van der Waals surface area contributed by atoms with Crippen LogP contribution < -0.4 is 5.32 Å². The fraction of sp³-hybridized carbons (Fsp3) is 0.409. The van der Waals surface area contributed by atoms with Crippen molar-refractivity contribution in [3.8, 4) is 0 Å². The minimum atomic E-state index is -0.436. The minimum Gasteiger partial charge on any atom is -0.377 e. The first-order valence-corrected chi connectivity index (χ1v) is 10.3. The predicted molar refractivity (Wildman–Crippen MR) is 112 cm³/mol. The number of rotatable bonds is 6. The lowest BCUT2D eigenvalue weighted by Gasteiger charge is -2.22. The molecule has 1 heterocycles. The average Bonchev–Trinajstić information content (AvgIpc) is 3.57. The number of carbonyl (C=O) groups is 1. The molecule has 2 aromatic carbocycles. The Morgan fingerprint density at radius 2 is 1.87 bits per heavy atom. The smallest absolute Gasteiger partial charge is 0.293 e. The first kappa shape index (κ1) is 20.3. The van der Waals surface area contributed by atoms with Crippen molar-refractivity contribution in [3.05, 3.63) is 69.5 Å². The normalized spacial score (nSPS) is 17.4. The van der Waals surface area contributed by atoms with Crippen LogP contribution in [0.5, 0.6) is 0 Å². The van der Waals surface area contributed by atoms with E-state index in [4.69, 9.17) is 0 Å². The number of hydrogen-bond acceptors (Lipinski definition) is 5. The van der Waals surface area contributed by atoms with E-state index < -0.39 is 4.92 Å². The summed E-state index contributed by atoms with van der Waals surface area (Å²) in [7, 11) is 0. The van der Waals surface area contributed by atoms with Gasteiger partial charge in [0.2, 0.25) is 0 Å². The third-order valence-electron chi connectivity index (χ3n) is 5.57. The van der Waals surface area contributed by atoms with Crippen molar-refractivity contribution in [1.82, 2.24) is 9.80 Å². The highest BCUT2D eigenvalue weighted by atomic mass is 19.1. The maximum absolute atomic E-state index is 13.1. The van der Waals surface area contributed by atoms with Crippen LogP contribution in [-0.4, -0.2) is 52.9 Å². The summed E-state index contributed by atoms with van der Waals surface area (Å²) >= 11 is 0. The van der Waals surface area contributed by atoms with Crippen LogP contribution in [0.15, 0.2) is 42.5 Å². The Morgan fingerprint density at radius 3 is 2.57 bits per heavy atom. The summed E-state index contributed by atoms with van der Waals surface area (Å²) in [6.45, 7) is 3.40. The monoisotopic (exact) mass is 412 g/mol. The van der Waals surface area contributed by atoms with Crippen LogP contribution in [0.1, 0.15) is 35.2 Å². The Hall–Kier alpha value is -3.00. The lowest BCUT2D eigenvalue weighted by atomic mass is 10.1. The van der Waals surface area contributed by atoms with E-state index in [1.165, 1.54) is 18.2 Å². The SMILES string of the molecule is O=C(c1ccc(NC2CC2)c([N+](=O)[O-])c1)N1CCCN(Cc2ccc(F)cc2)CC1. The minimum absolute atomic E-state index is 0.0551. The van der Waals surface area contributed by atoms with Gasteiger partial charge in [-0.2, -0.15) is 0 Å². The molecule has 0 aromatic heterocycles. The van der Waals surface area contributed by atoms with Gasteiger partial charge in [0.05, 0.1) is 4.92 Å². The summed E-state index contributed by atoms with van der Waals surface area (Å²) in [5.41, 5.74) is 1.79. The van der Waals surface area contributed by atoms with Crippen LogP contribution in [-0.2, 0) is 6.54 Å². The largest absolute Gasteiger partial charge is 0.377 e. The van der Waals surface area contributed by atoms with E-state index in [1.807, 2.05) is 0 Å². The molecule has 0 unspecified atom stereocenters. The van der Waals surface area contributed by atoms with Crippen molar-refractivity contribution in [3.63, 3.8) is 0 Å². The fourth-order valence-electron chi connectivity index (χ4n) is 3.75. The number of benzene rings is 2. The van der Waals surface area contributed by atoms with E-state index in [0.717, 1.165) is 31.4 Å². The average molecular weight is 412 g/mol. The van der Waals surface area contributed by atoms with Crippen LogP contribution in [0, 0.1) is 15.9 Å². The van der Waals surface area contributed by atoms with Gasteiger partial charge in [-0.15, -0.1) is 0 Å². The zero-order valence-corrected chi connectivity index (χ0v) is 16.7. The molecule has 0 atom stereocenters. The molecule has 1 amide bonds. The van der Waals surface area contributed by atoms with Crippen LogP contribution in [0.25, 0.3) is 0 Å². The van der Waals surface area contributed by atoms with Crippen LogP contribution in [0.3, 0.4) is 0 Å². The molecule has 0 spiro atoms. The molecule has 1 saturated heterocycles. The lowest BCUT2D eigenvalue weighted by Crippen LogP contribution is -2.35. The third kappa shape index (κ3) is 4.94. The van der Waals surface area contributed by atoms with Crippen molar-refractivity contribution >= 4 is 17.3 Å². The first-order valence-electron chi connectivity index (χ1n) is 10.3. The summed E-state index contributed by atoms with van der Waals surface area (Å²) < 4.78 is 13.1. The molecule has 158 valence electrons. The molecular formula is C22H25FN4O3. The van der Waals surface area contributed by atoms with Crippen LogP contribution in [0.2, 0.25) is 0 Å². The van der Waals surface area contributed by atoms with E-state index in [-0.39, 0.29) is 17.4 Å². The standard InChI is InChI=1S/C22H25FN4O3/c23-18-5-2-16(3-6-18)15-25-10-1-11-26(13-12-25)22(28)17-4-9-20(24-19-7-8-19)21(14-17)27(29)30/h2-6,9,14,19,24H,1,7-8,10-13,15H2. The Kier molecular flexibility index (Phi) is 5.94. The maximum atomic E-state index is 13.1. The second-order valence-electron chi connectivity index (χ2n) is 7.96. The number of nitro groups is 1. The molecule has 8 heteroatoms. The molecule has 2 fully saturated rings. The Bertz CT molecular complexity index is 930. The maximum Gasteiger partial charge on any atom is 0.293 e. The van der Waals surface area contributed by atoms with E-state index >= 15 is 0 Å². The van der Waals surface area contributed by atoms with Gasteiger partial charge in [0.25, 0.3) is 11.6 Å². The van der Waals surface area contributed by atoms with Gasteiger partial charge in [-0.05, 0) is 49.1 Å². The van der Waals surface area contributed by atoms with Crippen molar-refractivity contribution < 1.29 is 14.1 Å². The van der Waals surface area contributed by atoms with E-state index in [0.29, 0.717) is 43.5 Å². The van der Waals surface area contributed by atoms with E-state index in [2.05, 4.69) is 10.2 Å². The lowest BCUT2D eigenvalue weighted by molar-refractivity contribution is -0.384. The molecule has 30 heavy (non-hydrogen) atoms. The number of amides is 1. The van der Waals surface area contributed by atoms with Gasteiger partial charge in [-0.1, -0.05) is 12.1 Å². The van der Waals surface area contributed by atoms with Gasteiger partial charge in [0.1, 0.15) is 11.5 Å². The van der Waals surface area contributed by atoms with Gasteiger partial charge < -0.3 is 10.2 Å². The molecule has 1 aliphatic carbocycles. The second-order valence-corrected chi connectivity index (χ2v) is 7.96. The third-order valence-corrected chi connectivity index (χ3v) is 5.57. The molecule has 0 radical (unpaired) electrons. The summed E-state index contributed by atoms with van der Waals surface area (Å²) in [5, 5.41) is 14.6. The first-order chi connectivity index (χ1) is 14.5. The number of carbonyl (C=O) groups excluding carboxylic acids is 1. The predicted octanol–water partition coefficient (Wildman–Crippen LogP) is 3.66. The zero-order valence-electron chi connectivity index (χ0n) is 16.7. The van der Waals surface area contributed by atoms with Crippen molar-refractivity contribution in [2.75, 3.05) is 31.5 Å². The molecular weight excluding hydrogens is 387 g/mol. The molecule has 7 nitrogen and oxygen atoms in total. The Labute approximate surface area is 174 Å². The van der Waals surface area contributed by atoms with Crippen LogP contribution in [0.4, 0.5) is 15.8 Å². The van der Waals surface area contributed by atoms with E-state index in [9.17, 15) is 19.3 Å². The number of halogens is 1. The molecule has 2 aromatic rings. The number of nitrogens with one attached hydrogen (secondary N) is 1. The fourth-order valence-corrected chi connectivity index (χ4v) is 3.75. The van der Waals surface area contributed by atoms with Gasteiger partial charge in [0, 0.05) is 50.4 Å². The molecule has 1 aliphatic heterocycles. The van der Waals surface area contributed by atoms with Gasteiger partial charge in [0.15, 0.2) is 0 Å². The van der Waals surface area contributed by atoms with Crippen molar-refractivity contribution in [2.24, 2.45) is 0 Å². The van der Waals surface area contributed by atoms with Crippen molar-refractivity contribution in [2.45, 2.75) is 31.8 Å². The second kappa shape index (κ2) is 8.79. The van der Waals surface area contributed by atoms with Gasteiger partial charge >= 0.3 is 0 Å². The summed E-state index contributed by atoms with van der Waals surface area (Å²) in [6.07, 6.45) is 2.84.